The Morgan fingerprint density at radius 2 is 2.23 bits per heavy atom. The third-order valence-electron chi connectivity index (χ3n) is 5.42. The molecule has 1 saturated carbocycles. The van der Waals surface area contributed by atoms with Crippen LogP contribution in [0.3, 0.4) is 0 Å². The second kappa shape index (κ2) is 6.05. The Morgan fingerprint density at radius 3 is 2.77 bits per heavy atom. The van der Waals surface area contributed by atoms with Gasteiger partial charge in [0.1, 0.15) is 0 Å². The Balaban J connectivity index is 1.58. The summed E-state index contributed by atoms with van der Waals surface area (Å²) in [6.45, 7) is 6.36. The van der Waals surface area contributed by atoms with Crippen molar-refractivity contribution in [1.82, 2.24) is 14.7 Å². The molecular formula is C18H29N3O. The zero-order chi connectivity index (χ0) is 15.7. The third kappa shape index (κ3) is 3.06. The van der Waals surface area contributed by atoms with Crippen molar-refractivity contribution in [2.45, 2.75) is 52.4 Å². The van der Waals surface area contributed by atoms with Gasteiger partial charge in [0.15, 0.2) is 0 Å². The number of carbonyl (C=O) groups excluding carboxylic acids is 1. The van der Waals surface area contributed by atoms with Crippen LogP contribution in [-0.4, -0.2) is 33.7 Å². The molecule has 2 heterocycles. The van der Waals surface area contributed by atoms with Crippen LogP contribution in [-0.2, 0) is 18.3 Å². The Kier molecular flexibility index (Phi) is 4.28. The van der Waals surface area contributed by atoms with Crippen LogP contribution in [0.5, 0.6) is 0 Å². The average molecular weight is 303 g/mol. The van der Waals surface area contributed by atoms with E-state index in [1.807, 2.05) is 17.9 Å². The lowest BCUT2D eigenvalue weighted by atomic mass is 9.63. The van der Waals surface area contributed by atoms with Gasteiger partial charge in [-0.05, 0) is 49.5 Å². The first kappa shape index (κ1) is 15.6. The van der Waals surface area contributed by atoms with Crippen LogP contribution in [0.25, 0.3) is 0 Å². The van der Waals surface area contributed by atoms with E-state index in [1.165, 1.54) is 12.0 Å². The minimum atomic E-state index is -0.0165. The van der Waals surface area contributed by atoms with Crippen molar-refractivity contribution in [3.8, 4) is 0 Å². The van der Waals surface area contributed by atoms with Crippen molar-refractivity contribution in [2.24, 2.45) is 24.3 Å². The molecule has 0 bridgehead atoms. The van der Waals surface area contributed by atoms with Gasteiger partial charge in [-0.15, -0.1) is 0 Å². The maximum absolute atomic E-state index is 13.0. The van der Waals surface area contributed by atoms with Gasteiger partial charge in [0.05, 0.1) is 6.20 Å². The van der Waals surface area contributed by atoms with Gasteiger partial charge in [-0.3, -0.25) is 9.48 Å². The fourth-order valence-electron chi connectivity index (χ4n) is 4.32. The van der Waals surface area contributed by atoms with Gasteiger partial charge in [0.25, 0.3) is 0 Å². The molecule has 4 nitrogen and oxygen atoms in total. The highest BCUT2D eigenvalue weighted by Crippen LogP contribution is 2.48. The Morgan fingerprint density at radius 1 is 1.45 bits per heavy atom. The summed E-state index contributed by atoms with van der Waals surface area (Å²) < 4.78 is 1.86. The molecule has 1 amide bonds. The minimum Gasteiger partial charge on any atom is -0.342 e. The van der Waals surface area contributed by atoms with Gasteiger partial charge in [-0.2, -0.15) is 5.10 Å². The van der Waals surface area contributed by atoms with Crippen LogP contribution in [0, 0.1) is 17.3 Å². The molecule has 2 aliphatic rings. The molecule has 4 heteroatoms. The highest BCUT2D eigenvalue weighted by atomic mass is 16.2. The number of likely N-dealkylation sites (tertiary alicyclic amines) is 1. The van der Waals surface area contributed by atoms with Gasteiger partial charge in [-0.25, -0.2) is 0 Å². The predicted octanol–water partition coefficient (Wildman–Crippen LogP) is 3.03. The van der Waals surface area contributed by atoms with E-state index in [-0.39, 0.29) is 5.41 Å². The molecule has 22 heavy (non-hydrogen) atoms. The first-order chi connectivity index (χ1) is 10.5. The molecule has 1 atom stereocenters. The first-order valence-corrected chi connectivity index (χ1v) is 8.75. The van der Waals surface area contributed by atoms with E-state index in [2.05, 4.69) is 30.0 Å². The molecule has 3 rings (SSSR count). The summed E-state index contributed by atoms with van der Waals surface area (Å²) in [5.74, 6) is 1.66. The lowest BCUT2D eigenvalue weighted by molar-refractivity contribution is -0.148. The zero-order valence-electron chi connectivity index (χ0n) is 14.2. The number of nitrogens with zero attached hydrogens (tertiary/aromatic N) is 3. The quantitative estimate of drug-likeness (QED) is 0.838. The van der Waals surface area contributed by atoms with Crippen LogP contribution >= 0.6 is 0 Å². The number of amides is 1. The fourth-order valence-corrected chi connectivity index (χ4v) is 4.32. The molecule has 0 spiro atoms. The molecule has 1 aromatic rings. The summed E-state index contributed by atoms with van der Waals surface area (Å²) in [6.07, 6.45) is 10.7. The van der Waals surface area contributed by atoms with Gasteiger partial charge in [-0.1, -0.05) is 20.3 Å². The van der Waals surface area contributed by atoms with E-state index in [4.69, 9.17) is 0 Å². The highest BCUT2D eigenvalue weighted by molar-refractivity contribution is 5.84. The largest absolute Gasteiger partial charge is 0.342 e. The number of aromatic nitrogens is 2. The average Bonchev–Trinajstić information content (AvgIpc) is 3.03. The number of rotatable bonds is 5. The van der Waals surface area contributed by atoms with Crippen LogP contribution < -0.4 is 0 Å². The smallest absolute Gasteiger partial charge is 0.228 e. The Bertz CT molecular complexity index is 530. The molecular weight excluding hydrogens is 274 g/mol. The highest BCUT2D eigenvalue weighted by Gasteiger charge is 2.47. The maximum atomic E-state index is 13.0. The summed E-state index contributed by atoms with van der Waals surface area (Å²) in [5.41, 5.74) is 1.28. The van der Waals surface area contributed by atoms with E-state index in [0.717, 1.165) is 45.2 Å². The van der Waals surface area contributed by atoms with Crippen molar-refractivity contribution in [2.75, 3.05) is 13.1 Å². The van der Waals surface area contributed by atoms with Crippen LogP contribution in [0.2, 0.25) is 0 Å². The second-order valence-corrected chi connectivity index (χ2v) is 7.86. The van der Waals surface area contributed by atoms with Crippen molar-refractivity contribution >= 4 is 5.91 Å². The fraction of sp³-hybridized carbons (Fsp3) is 0.778. The second-order valence-electron chi connectivity index (χ2n) is 7.86. The number of hydrogen-bond donors (Lipinski definition) is 0. The van der Waals surface area contributed by atoms with Crippen LogP contribution in [0.15, 0.2) is 12.4 Å². The molecule has 1 saturated heterocycles. The molecule has 0 radical (unpaired) electrons. The lowest BCUT2D eigenvalue weighted by Crippen LogP contribution is -2.47. The number of carbonyl (C=O) groups is 1. The van der Waals surface area contributed by atoms with E-state index in [9.17, 15) is 4.79 Å². The van der Waals surface area contributed by atoms with Crippen molar-refractivity contribution in [1.29, 1.82) is 0 Å². The van der Waals surface area contributed by atoms with Crippen molar-refractivity contribution < 1.29 is 4.79 Å². The third-order valence-corrected chi connectivity index (χ3v) is 5.42. The summed E-state index contributed by atoms with van der Waals surface area (Å²) in [5, 5.41) is 4.24. The molecule has 2 fully saturated rings. The number of aryl methyl sites for hydroxylation is 1. The van der Waals surface area contributed by atoms with Gasteiger partial charge in [0, 0.05) is 31.7 Å². The molecule has 0 aromatic carbocycles. The van der Waals surface area contributed by atoms with Gasteiger partial charge in [0.2, 0.25) is 5.91 Å². The van der Waals surface area contributed by atoms with Gasteiger partial charge < -0.3 is 4.90 Å². The van der Waals surface area contributed by atoms with E-state index in [1.54, 1.807) is 0 Å². The monoisotopic (exact) mass is 303 g/mol. The Labute approximate surface area is 133 Å². The van der Waals surface area contributed by atoms with Crippen molar-refractivity contribution in [3.63, 3.8) is 0 Å². The minimum absolute atomic E-state index is 0.0165. The normalized spacial score (nSPS) is 23.8. The first-order valence-electron chi connectivity index (χ1n) is 8.75. The Hall–Kier alpha value is -1.32. The summed E-state index contributed by atoms with van der Waals surface area (Å²) in [4.78, 5) is 15.2. The lowest BCUT2D eigenvalue weighted by Gasteiger charge is -2.44. The zero-order valence-corrected chi connectivity index (χ0v) is 14.2. The summed E-state index contributed by atoms with van der Waals surface area (Å²) in [6, 6.07) is 0. The maximum Gasteiger partial charge on any atom is 0.228 e. The molecule has 1 aromatic heterocycles. The summed E-state index contributed by atoms with van der Waals surface area (Å²) >= 11 is 0. The van der Waals surface area contributed by atoms with E-state index < -0.39 is 0 Å². The van der Waals surface area contributed by atoms with Crippen LogP contribution in [0.4, 0.5) is 0 Å². The topological polar surface area (TPSA) is 38.1 Å². The van der Waals surface area contributed by atoms with Gasteiger partial charge >= 0.3 is 0 Å². The van der Waals surface area contributed by atoms with Crippen molar-refractivity contribution in [3.05, 3.63) is 18.0 Å². The molecule has 0 N–H and O–H groups in total. The summed E-state index contributed by atoms with van der Waals surface area (Å²) in [7, 11) is 1.96. The molecule has 1 aliphatic heterocycles. The SMILES string of the molecule is CC(C)CC1(C(=O)N2CC[C@H](Cc3cnn(C)c3)C2)CCC1. The molecule has 122 valence electrons. The van der Waals surface area contributed by atoms with Crippen LogP contribution in [0.1, 0.15) is 51.5 Å². The van der Waals surface area contributed by atoms with E-state index >= 15 is 0 Å². The van der Waals surface area contributed by atoms with E-state index in [0.29, 0.717) is 17.7 Å². The molecule has 0 unspecified atom stereocenters. The molecule has 1 aliphatic carbocycles. The standard InChI is InChI=1S/C18H29N3O/c1-14(2)10-18(6-4-7-18)17(22)21-8-5-15(13-21)9-16-11-19-20(3)12-16/h11-12,14-15H,4-10,13H2,1-3H3/t15-/m1/s1. The predicted molar refractivity (Wildman–Crippen MR) is 87.3 cm³/mol. The number of hydrogen-bond acceptors (Lipinski definition) is 2.